The van der Waals surface area contributed by atoms with Gasteiger partial charge in [-0.25, -0.2) is 9.97 Å². The summed E-state index contributed by atoms with van der Waals surface area (Å²) in [6.07, 6.45) is 5.53. The molecule has 4 heterocycles. The molecule has 0 bridgehead atoms. The average Bonchev–Trinajstić information content (AvgIpc) is 3.25. The molecule has 4 aromatic rings. The molecule has 0 amide bonds. The summed E-state index contributed by atoms with van der Waals surface area (Å²) in [5, 5.41) is 9.56. The lowest BCUT2D eigenvalue weighted by atomic mass is 10.0. The number of hydrogen-bond donors (Lipinski definition) is 0. The number of ketones is 1. The smallest absolute Gasteiger partial charge is 0.169 e. The molecule has 0 atom stereocenters. The highest BCUT2D eigenvalue weighted by Gasteiger charge is 2.17. The Balaban J connectivity index is 1.36. The van der Waals surface area contributed by atoms with Crippen molar-refractivity contribution in [1.82, 2.24) is 29.6 Å². The number of aromatic nitrogens is 5. The Kier molecular flexibility index (Phi) is 5.36. The van der Waals surface area contributed by atoms with Crippen molar-refractivity contribution in [2.75, 3.05) is 38.1 Å². The molecule has 8 heteroatoms. The Bertz CT molecular complexity index is 1270. The predicted molar refractivity (Wildman–Crippen MR) is 124 cm³/mol. The molecule has 0 saturated carbocycles. The number of nitrogens with zero attached hydrogens (tertiary/aromatic N) is 7. The summed E-state index contributed by atoms with van der Waals surface area (Å²) in [5.74, 6) is 0.869. The Morgan fingerprint density at radius 2 is 1.84 bits per heavy atom. The van der Waals surface area contributed by atoms with Crippen LogP contribution in [0.4, 0.5) is 5.82 Å². The van der Waals surface area contributed by atoms with Gasteiger partial charge in [0.1, 0.15) is 5.82 Å². The molecule has 1 aliphatic heterocycles. The number of aryl methyl sites for hydroxylation is 1. The molecule has 1 saturated heterocycles. The lowest BCUT2D eigenvalue weighted by Gasteiger charge is -2.33. The molecule has 5 rings (SSSR count). The van der Waals surface area contributed by atoms with Gasteiger partial charge in [-0.1, -0.05) is 6.07 Å². The number of benzene rings is 1. The number of carbonyl (C=O) groups is 1. The third-order valence-electron chi connectivity index (χ3n) is 5.98. The minimum Gasteiger partial charge on any atom is -0.354 e. The van der Waals surface area contributed by atoms with Crippen LogP contribution in [-0.4, -0.2) is 68.6 Å². The van der Waals surface area contributed by atoms with Gasteiger partial charge in [0, 0.05) is 55.9 Å². The molecule has 162 valence electrons. The maximum absolute atomic E-state index is 13.0. The number of Topliss-reactive ketones (excluding diaryl/α,β-unsaturated/α-hetero) is 1. The molecular weight excluding hydrogens is 402 g/mol. The number of carbonyl (C=O) groups excluding carboxylic acids is 1. The summed E-state index contributed by atoms with van der Waals surface area (Å²) in [7, 11) is 4.08. The standard InChI is InChI=1S/C24H25N7O/c1-29-7-9-31(10-8-29)24-13-18(5-6-26-24)23(32)14-20-12-19-11-17(3-4-21(19)28-27-20)22-15-25-16-30(22)2/h3-6,11-13,15-16H,7-10,14H2,1-2H3. The number of piperazine rings is 1. The summed E-state index contributed by atoms with van der Waals surface area (Å²) < 4.78 is 1.97. The highest BCUT2D eigenvalue weighted by atomic mass is 16.1. The summed E-state index contributed by atoms with van der Waals surface area (Å²) in [4.78, 5) is 26.2. The molecule has 0 aliphatic carbocycles. The van der Waals surface area contributed by atoms with Crippen LogP contribution < -0.4 is 4.90 Å². The van der Waals surface area contributed by atoms with Gasteiger partial charge in [-0.15, -0.1) is 0 Å². The van der Waals surface area contributed by atoms with Crippen LogP contribution in [0.15, 0.2) is 55.1 Å². The van der Waals surface area contributed by atoms with Crippen molar-refractivity contribution in [3.05, 3.63) is 66.4 Å². The summed E-state index contributed by atoms with van der Waals surface area (Å²) in [6.45, 7) is 3.81. The maximum atomic E-state index is 13.0. The number of hydrogen-bond acceptors (Lipinski definition) is 7. The first kappa shape index (κ1) is 20.3. The lowest BCUT2D eigenvalue weighted by Crippen LogP contribution is -2.44. The second-order valence-electron chi connectivity index (χ2n) is 8.29. The van der Waals surface area contributed by atoms with E-state index >= 15 is 0 Å². The van der Waals surface area contributed by atoms with Gasteiger partial charge in [-0.2, -0.15) is 10.2 Å². The van der Waals surface area contributed by atoms with Gasteiger partial charge in [0.2, 0.25) is 0 Å². The van der Waals surface area contributed by atoms with E-state index in [1.54, 1.807) is 18.6 Å². The summed E-state index contributed by atoms with van der Waals surface area (Å²) in [6, 6.07) is 11.6. The summed E-state index contributed by atoms with van der Waals surface area (Å²) >= 11 is 0. The van der Waals surface area contributed by atoms with E-state index in [-0.39, 0.29) is 12.2 Å². The predicted octanol–water partition coefficient (Wildman–Crippen LogP) is 2.60. The first-order valence-corrected chi connectivity index (χ1v) is 10.7. The fourth-order valence-electron chi connectivity index (χ4n) is 4.04. The van der Waals surface area contributed by atoms with Crippen LogP contribution in [0.1, 0.15) is 16.1 Å². The second kappa shape index (κ2) is 8.47. The molecule has 0 radical (unpaired) electrons. The van der Waals surface area contributed by atoms with E-state index in [1.807, 2.05) is 42.1 Å². The van der Waals surface area contributed by atoms with Gasteiger partial charge in [0.05, 0.1) is 35.8 Å². The largest absolute Gasteiger partial charge is 0.354 e. The average molecular weight is 428 g/mol. The molecule has 0 unspecified atom stereocenters. The van der Waals surface area contributed by atoms with Crippen LogP contribution >= 0.6 is 0 Å². The first-order valence-electron chi connectivity index (χ1n) is 10.7. The first-order chi connectivity index (χ1) is 15.6. The van der Waals surface area contributed by atoms with Crippen molar-refractivity contribution < 1.29 is 4.79 Å². The minimum atomic E-state index is 0.0132. The van der Waals surface area contributed by atoms with Crippen LogP contribution in [0, 0.1) is 0 Å². The van der Waals surface area contributed by atoms with Crippen LogP contribution in [0.25, 0.3) is 22.2 Å². The highest BCUT2D eigenvalue weighted by Crippen LogP contribution is 2.23. The number of anilines is 1. The van der Waals surface area contributed by atoms with E-state index < -0.39 is 0 Å². The normalized spacial score (nSPS) is 14.8. The molecule has 0 spiro atoms. The Hall–Kier alpha value is -3.65. The number of pyridine rings is 1. The molecule has 0 N–H and O–H groups in total. The summed E-state index contributed by atoms with van der Waals surface area (Å²) in [5.41, 5.74) is 4.18. The van der Waals surface area contributed by atoms with Crippen LogP contribution in [0.3, 0.4) is 0 Å². The van der Waals surface area contributed by atoms with Gasteiger partial charge in [-0.3, -0.25) is 4.79 Å². The van der Waals surface area contributed by atoms with Crippen molar-refractivity contribution in [2.45, 2.75) is 6.42 Å². The van der Waals surface area contributed by atoms with Crippen LogP contribution in [0.2, 0.25) is 0 Å². The van der Waals surface area contributed by atoms with Gasteiger partial charge >= 0.3 is 0 Å². The molecule has 3 aromatic heterocycles. The van der Waals surface area contributed by atoms with E-state index in [0.29, 0.717) is 11.3 Å². The molecule has 8 nitrogen and oxygen atoms in total. The molecule has 1 fully saturated rings. The van der Waals surface area contributed by atoms with Crippen molar-refractivity contribution in [2.24, 2.45) is 7.05 Å². The molecule has 32 heavy (non-hydrogen) atoms. The zero-order valence-electron chi connectivity index (χ0n) is 18.3. The Morgan fingerprint density at radius 1 is 1.00 bits per heavy atom. The topological polar surface area (TPSA) is 80.0 Å². The second-order valence-corrected chi connectivity index (χ2v) is 8.29. The van der Waals surface area contributed by atoms with E-state index in [1.165, 1.54) is 0 Å². The van der Waals surface area contributed by atoms with Crippen molar-refractivity contribution in [3.63, 3.8) is 0 Å². The number of likely N-dealkylation sites (N-methyl/N-ethyl adjacent to an activating group) is 1. The number of imidazole rings is 1. The fourth-order valence-corrected chi connectivity index (χ4v) is 4.04. The van der Waals surface area contributed by atoms with Crippen molar-refractivity contribution in [1.29, 1.82) is 0 Å². The van der Waals surface area contributed by atoms with E-state index in [4.69, 9.17) is 0 Å². The van der Waals surface area contributed by atoms with E-state index in [0.717, 1.165) is 54.2 Å². The number of rotatable bonds is 5. The Labute approximate surface area is 186 Å². The van der Waals surface area contributed by atoms with E-state index in [9.17, 15) is 4.79 Å². The zero-order chi connectivity index (χ0) is 22.1. The SMILES string of the molecule is CN1CCN(c2cc(C(=O)Cc3cc4cc(-c5cncn5C)ccc4nn3)ccn2)CC1. The third kappa shape index (κ3) is 4.09. The van der Waals surface area contributed by atoms with Gasteiger partial charge in [-0.05, 0) is 37.4 Å². The molecule has 1 aliphatic rings. The monoisotopic (exact) mass is 427 g/mol. The van der Waals surface area contributed by atoms with Crippen LogP contribution in [-0.2, 0) is 13.5 Å². The molecular formula is C24H25N7O. The van der Waals surface area contributed by atoms with E-state index in [2.05, 4.69) is 43.1 Å². The fraction of sp³-hybridized carbons (Fsp3) is 0.292. The van der Waals surface area contributed by atoms with Crippen LogP contribution in [0.5, 0.6) is 0 Å². The van der Waals surface area contributed by atoms with Gasteiger partial charge < -0.3 is 14.4 Å². The third-order valence-corrected chi connectivity index (χ3v) is 5.98. The maximum Gasteiger partial charge on any atom is 0.169 e. The highest BCUT2D eigenvalue weighted by molar-refractivity contribution is 5.98. The lowest BCUT2D eigenvalue weighted by molar-refractivity contribution is 0.0991. The Morgan fingerprint density at radius 3 is 2.62 bits per heavy atom. The van der Waals surface area contributed by atoms with Crippen molar-refractivity contribution in [3.8, 4) is 11.3 Å². The minimum absolute atomic E-state index is 0.0132. The van der Waals surface area contributed by atoms with Gasteiger partial charge in [0.15, 0.2) is 5.78 Å². The van der Waals surface area contributed by atoms with Gasteiger partial charge in [0.25, 0.3) is 0 Å². The quantitative estimate of drug-likeness (QED) is 0.453. The number of fused-ring (bicyclic) bond motifs is 1. The molecule has 1 aromatic carbocycles. The van der Waals surface area contributed by atoms with Crippen molar-refractivity contribution >= 4 is 22.5 Å². The zero-order valence-corrected chi connectivity index (χ0v) is 18.3.